The molecule has 0 amide bonds. The first-order valence-electron chi connectivity index (χ1n) is 6.64. The molecule has 0 fully saturated rings. The van der Waals surface area contributed by atoms with E-state index in [1.54, 1.807) is 6.33 Å². The number of anilines is 2. The molecule has 0 bridgehead atoms. The third-order valence-corrected chi connectivity index (χ3v) is 2.69. The number of nitrogens with two attached hydrogens (primary N) is 1. The molecule has 1 heterocycles. The molecular weight excluding hydrogens is 226 g/mol. The highest BCUT2D eigenvalue weighted by Crippen LogP contribution is 2.11. The molecule has 5 heteroatoms. The van der Waals surface area contributed by atoms with E-state index in [1.807, 2.05) is 6.07 Å². The highest BCUT2D eigenvalue weighted by atomic mass is 15.1. The summed E-state index contributed by atoms with van der Waals surface area (Å²) in [5.41, 5.74) is 5.52. The molecule has 0 saturated heterocycles. The first-order valence-corrected chi connectivity index (χ1v) is 6.64. The van der Waals surface area contributed by atoms with Crippen LogP contribution in [-0.4, -0.2) is 29.1 Å². The van der Waals surface area contributed by atoms with E-state index in [4.69, 9.17) is 5.73 Å². The van der Waals surface area contributed by atoms with Gasteiger partial charge in [0.2, 0.25) is 0 Å². The molecular formula is C13H25N5. The summed E-state index contributed by atoms with van der Waals surface area (Å²) in [4.78, 5) is 8.40. The minimum atomic E-state index is 0.327. The van der Waals surface area contributed by atoms with E-state index in [2.05, 4.69) is 41.4 Å². The molecule has 0 aliphatic carbocycles. The number of nitrogens with zero attached hydrogens (tertiary/aromatic N) is 2. The van der Waals surface area contributed by atoms with Gasteiger partial charge in [-0.25, -0.2) is 9.97 Å². The monoisotopic (exact) mass is 251 g/mol. The maximum absolute atomic E-state index is 5.52. The third-order valence-electron chi connectivity index (χ3n) is 2.69. The van der Waals surface area contributed by atoms with Gasteiger partial charge in [0.15, 0.2) is 0 Å². The summed E-state index contributed by atoms with van der Waals surface area (Å²) in [6.45, 7) is 8.14. The maximum atomic E-state index is 5.52. The van der Waals surface area contributed by atoms with Crippen LogP contribution in [0.25, 0.3) is 0 Å². The highest BCUT2D eigenvalue weighted by Gasteiger charge is 2.03. The van der Waals surface area contributed by atoms with Crippen LogP contribution in [0, 0.1) is 5.92 Å². The number of nitrogens with one attached hydrogen (secondary N) is 2. The predicted octanol–water partition coefficient (Wildman–Crippen LogP) is 2.08. The van der Waals surface area contributed by atoms with Crippen LogP contribution >= 0.6 is 0 Å². The van der Waals surface area contributed by atoms with Crippen LogP contribution in [0.3, 0.4) is 0 Å². The van der Waals surface area contributed by atoms with Crippen molar-refractivity contribution in [3.8, 4) is 0 Å². The van der Waals surface area contributed by atoms with Gasteiger partial charge in [0.1, 0.15) is 18.0 Å². The molecule has 0 aromatic carbocycles. The minimum Gasteiger partial charge on any atom is -0.370 e. The Kier molecular flexibility index (Phi) is 6.43. The Morgan fingerprint density at radius 2 is 1.89 bits per heavy atom. The number of hydrogen-bond donors (Lipinski definition) is 3. The summed E-state index contributed by atoms with van der Waals surface area (Å²) in [7, 11) is 0. The van der Waals surface area contributed by atoms with Crippen molar-refractivity contribution in [1.82, 2.24) is 9.97 Å². The zero-order valence-electron chi connectivity index (χ0n) is 11.6. The van der Waals surface area contributed by atoms with Crippen molar-refractivity contribution in [1.29, 1.82) is 0 Å². The summed E-state index contributed by atoms with van der Waals surface area (Å²) < 4.78 is 0. The Bertz CT molecular complexity index is 340. The molecule has 102 valence electrons. The fraction of sp³-hybridized carbons (Fsp3) is 0.692. The Morgan fingerprint density at radius 1 is 1.17 bits per heavy atom. The lowest BCUT2D eigenvalue weighted by atomic mass is 10.1. The Labute approximate surface area is 110 Å². The second-order valence-corrected chi connectivity index (χ2v) is 5.02. The topological polar surface area (TPSA) is 75.9 Å². The van der Waals surface area contributed by atoms with Crippen molar-refractivity contribution in [2.75, 3.05) is 23.7 Å². The SMILES string of the molecule is CC(C)CCNc1cc(NC(C)CCN)ncn1. The molecule has 1 rings (SSSR count). The fourth-order valence-electron chi connectivity index (χ4n) is 1.60. The van der Waals surface area contributed by atoms with Crippen molar-refractivity contribution in [2.45, 2.75) is 39.7 Å². The number of rotatable bonds is 8. The Morgan fingerprint density at radius 3 is 2.56 bits per heavy atom. The lowest BCUT2D eigenvalue weighted by molar-refractivity contribution is 0.606. The van der Waals surface area contributed by atoms with Crippen LogP contribution in [0.1, 0.15) is 33.6 Å². The lowest BCUT2D eigenvalue weighted by Crippen LogP contribution is -2.20. The van der Waals surface area contributed by atoms with E-state index in [1.165, 1.54) is 0 Å². The Hall–Kier alpha value is -1.36. The summed E-state index contributed by atoms with van der Waals surface area (Å²) >= 11 is 0. The molecule has 1 aromatic rings. The zero-order valence-corrected chi connectivity index (χ0v) is 11.6. The number of aromatic nitrogens is 2. The molecule has 4 N–H and O–H groups in total. The molecule has 0 aliphatic rings. The second kappa shape index (κ2) is 7.87. The molecule has 0 saturated carbocycles. The van der Waals surface area contributed by atoms with Gasteiger partial charge in [-0.2, -0.15) is 0 Å². The van der Waals surface area contributed by atoms with Crippen LogP contribution < -0.4 is 16.4 Å². The van der Waals surface area contributed by atoms with E-state index in [0.717, 1.165) is 31.0 Å². The minimum absolute atomic E-state index is 0.327. The van der Waals surface area contributed by atoms with Gasteiger partial charge in [-0.05, 0) is 32.2 Å². The van der Waals surface area contributed by atoms with Gasteiger partial charge in [0.25, 0.3) is 0 Å². The Balaban J connectivity index is 2.46. The van der Waals surface area contributed by atoms with Gasteiger partial charge in [-0.15, -0.1) is 0 Å². The standard InChI is InChI=1S/C13H25N5/c1-10(2)5-7-15-12-8-13(17-9-16-12)18-11(3)4-6-14/h8-11H,4-7,14H2,1-3H3,(H2,15,16,17,18). The van der Waals surface area contributed by atoms with Gasteiger partial charge in [0.05, 0.1) is 0 Å². The average Bonchev–Trinajstić information content (AvgIpc) is 2.29. The first-order chi connectivity index (χ1) is 8.61. The van der Waals surface area contributed by atoms with Crippen LogP contribution in [0.4, 0.5) is 11.6 Å². The molecule has 0 radical (unpaired) electrons. The van der Waals surface area contributed by atoms with Gasteiger partial charge in [-0.3, -0.25) is 0 Å². The van der Waals surface area contributed by atoms with Crippen LogP contribution in [0.2, 0.25) is 0 Å². The number of hydrogen-bond acceptors (Lipinski definition) is 5. The van der Waals surface area contributed by atoms with E-state index in [9.17, 15) is 0 Å². The van der Waals surface area contributed by atoms with Crippen LogP contribution in [0.15, 0.2) is 12.4 Å². The summed E-state index contributed by atoms with van der Waals surface area (Å²) in [6.07, 6.45) is 3.64. The highest BCUT2D eigenvalue weighted by molar-refractivity contribution is 5.46. The molecule has 18 heavy (non-hydrogen) atoms. The summed E-state index contributed by atoms with van der Waals surface area (Å²) in [6, 6.07) is 2.27. The van der Waals surface area contributed by atoms with Gasteiger partial charge >= 0.3 is 0 Å². The molecule has 1 aromatic heterocycles. The smallest absolute Gasteiger partial charge is 0.131 e. The van der Waals surface area contributed by atoms with Gasteiger partial charge < -0.3 is 16.4 Å². The zero-order chi connectivity index (χ0) is 13.4. The van der Waals surface area contributed by atoms with Crippen LogP contribution in [0.5, 0.6) is 0 Å². The van der Waals surface area contributed by atoms with Crippen molar-refractivity contribution in [2.24, 2.45) is 11.7 Å². The van der Waals surface area contributed by atoms with Crippen molar-refractivity contribution in [3.05, 3.63) is 12.4 Å². The second-order valence-electron chi connectivity index (χ2n) is 5.02. The van der Waals surface area contributed by atoms with Crippen molar-refractivity contribution < 1.29 is 0 Å². The summed E-state index contributed by atoms with van der Waals surface area (Å²) in [5, 5.41) is 6.62. The first kappa shape index (κ1) is 14.7. The molecule has 5 nitrogen and oxygen atoms in total. The fourth-order valence-corrected chi connectivity index (χ4v) is 1.60. The lowest BCUT2D eigenvalue weighted by Gasteiger charge is -2.14. The largest absolute Gasteiger partial charge is 0.370 e. The van der Waals surface area contributed by atoms with Gasteiger partial charge in [-0.1, -0.05) is 13.8 Å². The van der Waals surface area contributed by atoms with E-state index >= 15 is 0 Å². The van der Waals surface area contributed by atoms with E-state index in [0.29, 0.717) is 18.5 Å². The van der Waals surface area contributed by atoms with Crippen molar-refractivity contribution >= 4 is 11.6 Å². The maximum Gasteiger partial charge on any atom is 0.131 e. The molecule has 0 aliphatic heterocycles. The molecule has 1 unspecified atom stereocenters. The molecule has 0 spiro atoms. The molecule has 1 atom stereocenters. The van der Waals surface area contributed by atoms with E-state index < -0.39 is 0 Å². The quantitative estimate of drug-likeness (QED) is 0.659. The van der Waals surface area contributed by atoms with Crippen LogP contribution in [-0.2, 0) is 0 Å². The van der Waals surface area contributed by atoms with E-state index in [-0.39, 0.29) is 0 Å². The summed E-state index contributed by atoms with van der Waals surface area (Å²) in [5.74, 6) is 2.41. The normalized spacial score (nSPS) is 12.5. The average molecular weight is 251 g/mol. The third kappa shape index (κ3) is 5.82. The van der Waals surface area contributed by atoms with Crippen molar-refractivity contribution in [3.63, 3.8) is 0 Å². The predicted molar refractivity (Wildman–Crippen MR) is 76.7 cm³/mol. The van der Waals surface area contributed by atoms with Gasteiger partial charge in [0, 0.05) is 18.7 Å².